The minimum atomic E-state index is -0.129. The van der Waals surface area contributed by atoms with Crippen LogP contribution < -0.4 is 0 Å². The lowest BCUT2D eigenvalue weighted by Crippen LogP contribution is -2.23. The summed E-state index contributed by atoms with van der Waals surface area (Å²) in [6, 6.07) is 30.5. The molecule has 0 fully saturated rings. The highest BCUT2D eigenvalue weighted by Crippen LogP contribution is 2.58. The summed E-state index contributed by atoms with van der Waals surface area (Å²) < 4.78 is 0. The highest BCUT2D eigenvalue weighted by molar-refractivity contribution is 6.31. The maximum atomic E-state index is 13.8. The first kappa shape index (κ1) is 23.1. The Bertz CT molecular complexity index is 2080. The third kappa shape index (κ3) is 2.81. The molecular formula is C39H20O4. The summed E-state index contributed by atoms with van der Waals surface area (Å²) in [6.45, 7) is 0. The lowest BCUT2D eigenvalue weighted by molar-refractivity contribution is 0.0979. The van der Waals surface area contributed by atoms with Crippen molar-refractivity contribution < 1.29 is 19.2 Å². The Morgan fingerprint density at radius 2 is 0.581 bits per heavy atom. The van der Waals surface area contributed by atoms with Crippen molar-refractivity contribution >= 4 is 44.7 Å². The van der Waals surface area contributed by atoms with Crippen molar-refractivity contribution in [3.63, 3.8) is 0 Å². The summed E-state index contributed by atoms with van der Waals surface area (Å²) in [4.78, 5) is 55.2. The summed E-state index contributed by atoms with van der Waals surface area (Å²) in [6.07, 6.45) is 0.800. The predicted octanol–water partition coefficient (Wildman–Crippen LogP) is 7.52. The summed E-state index contributed by atoms with van der Waals surface area (Å²) in [5, 5.41) is 3.72. The second kappa shape index (κ2) is 7.67. The van der Waals surface area contributed by atoms with Crippen molar-refractivity contribution in [1.82, 2.24) is 0 Å². The van der Waals surface area contributed by atoms with Gasteiger partial charge in [-0.3, -0.25) is 19.2 Å². The minimum absolute atomic E-state index is 0.00686. The fraction of sp³-hybridized carbons (Fsp3) is 0.0769. The number of carbonyl (C=O) groups is 4. The number of hydrogen-bond donors (Lipinski definition) is 0. The second-order valence-corrected chi connectivity index (χ2v) is 12.2. The Hall–Kier alpha value is -5.48. The standard InChI is InChI=1S/C39H20O4/c40-36-28-9-18-5-1-2-6-19(18)10-29(28)37(41)33-15-25-23-13-22(24(25)14-32(33)36)26-16-34-35(17-27(23)26)39(43)31-12-21-8-4-3-7-20(21)11-30(31)38(34)42/h1-12,14-17,22-23H,13H2. The maximum Gasteiger partial charge on any atom is 0.194 e. The van der Waals surface area contributed by atoms with Gasteiger partial charge in [-0.15, -0.1) is 0 Å². The van der Waals surface area contributed by atoms with Gasteiger partial charge in [-0.25, -0.2) is 0 Å². The molecule has 0 aromatic heterocycles. The molecule has 4 heteroatoms. The monoisotopic (exact) mass is 552 g/mol. The van der Waals surface area contributed by atoms with Gasteiger partial charge in [0.15, 0.2) is 23.1 Å². The second-order valence-electron chi connectivity index (χ2n) is 12.2. The van der Waals surface area contributed by atoms with Gasteiger partial charge in [-0.1, -0.05) is 48.5 Å². The predicted molar refractivity (Wildman–Crippen MR) is 163 cm³/mol. The molecule has 0 aliphatic heterocycles. The van der Waals surface area contributed by atoms with Crippen molar-refractivity contribution in [1.29, 1.82) is 0 Å². The van der Waals surface area contributed by atoms with Crippen molar-refractivity contribution in [3.05, 3.63) is 164 Å². The highest BCUT2D eigenvalue weighted by atomic mass is 16.1. The van der Waals surface area contributed by atoms with E-state index in [0.29, 0.717) is 44.5 Å². The largest absolute Gasteiger partial charge is 0.289 e. The molecule has 6 aromatic carbocycles. The van der Waals surface area contributed by atoms with Crippen LogP contribution in [-0.2, 0) is 0 Å². The number of carbonyl (C=O) groups excluding carboxylic acids is 4. The molecule has 200 valence electrons. The Morgan fingerprint density at radius 3 is 0.837 bits per heavy atom. The zero-order chi connectivity index (χ0) is 28.7. The van der Waals surface area contributed by atoms with Crippen LogP contribution in [0.2, 0.25) is 0 Å². The highest BCUT2D eigenvalue weighted by Gasteiger charge is 2.45. The van der Waals surface area contributed by atoms with Crippen LogP contribution in [0.4, 0.5) is 0 Å². The van der Waals surface area contributed by atoms with Crippen LogP contribution in [0, 0.1) is 0 Å². The molecule has 2 bridgehead atoms. The van der Waals surface area contributed by atoms with Gasteiger partial charge in [0.05, 0.1) is 0 Å². The molecule has 0 unspecified atom stereocenters. The van der Waals surface area contributed by atoms with Gasteiger partial charge < -0.3 is 0 Å². The van der Waals surface area contributed by atoms with Crippen molar-refractivity contribution in [2.24, 2.45) is 0 Å². The molecule has 4 aliphatic rings. The number of fused-ring (bicyclic) bond motifs is 14. The van der Waals surface area contributed by atoms with Gasteiger partial charge in [0.25, 0.3) is 0 Å². The van der Waals surface area contributed by atoms with E-state index in [4.69, 9.17) is 0 Å². The zero-order valence-electron chi connectivity index (χ0n) is 22.7. The van der Waals surface area contributed by atoms with Crippen LogP contribution in [0.1, 0.15) is 104 Å². The molecule has 0 spiro atoms. The van der Waals surface area contributed by atoms with E-state index in [9.17, 15) is 19.2 Å². The van der Waals surface area contributed by atoms with Crippen LogP contribution in [0.5, 0.6) is 0 Å². The van der Waals surface area contributed by atoms with Crippen LogP contribution in [0.3, 0.4) is 0 Å². The summed E-state index contributed by atoms with van der Waals surface area (Å²) in [7, 11) is 0. The van der Waals surface area contributed by atoms with Gasteiger partial charge in [-0.2, -0.15) is 0 Å². The summed E-state index contributed by atoms with van der Waals surface area (Å²) in [5.41, 5.74) is 7.77. The lowest BCUT2D eigenvalue weighted by atomic mass is 9.75. The number of ketones is 4. The molecule has 0 atom stereocenters. The van der Waals surface area contributed by atoms with Gasteiger partial charge in [0.2, 0.25) is 0 Å². The van der Waals surface area contributed by atoms with Gasteiger partial charge in [-0.05, 0) is 98.8 Å². The van der Waals surface area contributed by atoms with Gasteiger partial charge in [0, 0.05) is 56.3 Å². The Balaban J connectivity index is 1.11. The normalized spacial score (nSPS) is 18.8. The average Bonchev–Trinajstić information content (AvgIpc) is 3.60. The van der Waals surface area contributed by atoms with Crippen molar-refractivity contribution in [2.45, 2.75) is 18.3 Å². The van der Waals surface area contributed by atoms with Crippen molar-refractivity contribution in [2.75, 3.05) is 0 Å². The van der Waals surface area contributed by atoms with Crippen molar-refractivity contribution in [3.8, 4) is 0 Å². The molecule has 4 nitrogen and oxygen atoms in total. The van der Waals surface area contributed by atoms with E-state index in [1.807, 2.05) is 97.1 Å². The van der Waals surface area contributed by atoms with Gasteiger partial charge in [0.1, 0.15) is 0 Å². The first-order valence-corrected chi connectivity index (χ1v) is 14.6. The SMILES string of the molecule is O=C1c2cc3c(cc2C(=O)c2cc4ccccc4cc21)C1CC3c2cc3c(cc21)C(=O)c1cc2ccccc2cc1C3=O. The lowest BCUT2D eigenvalue weighted by Gasteiger charge is -2.26. The Kier molecular flexibility index (Phi) is 4.12. The molecule has 0 radical (unpaired) electrons. The first-order valence-electron chi connectivity index (χ1n) is 14.6. The van der Waals surface area contributed by atoms with Crippen LogP contribution in [0.15, 0.2) is 97.1 Å². The third-order valence-electron chi connectivity index (χ3n) is 10.1. The van der Waals surface area contributed by atoms with E-state index in [1.54, 1.807) is 0 Å². The van der Waals surface area contributed by atoms with E-state index in [0.717, 1.165) is 50.2 Å². The maximum absolute atomic E-state index is 13.8. The van der Waals surface area contributed by atoms with E-state index >= 15 is 0 Å². The topological polar surface area (TPSA) is 68.3 Å². The van der Waals surface area contributed by atoms with E-state index < -0.39 is 0 Å². The first-order chi connectivity index (χ1) is 21.0. The Labute approximate surface area is 245 Å². The molecule has 6 aromatic rings. The number of hydrogen-bond acceptors (Lipinski definition) is 4. The van der Waals surface area contributed by atoms with Crippen LogP contribution >= 0.6 is 0 Å². The quantitative estimate of drug-likeness (QED) is 0.195. The molecule has 0 amide bonds. The number of rotatable bonds is 0. The van der Waals surface area contributed by atoms with E-state index in [2.05, 4.69) is 0 Å². The summed E-state index contributed by atoms with van der Waals surface area (Å²) >= 11 is 0. The van der Waals surface area contributed by atoms with E-state index in [-0.39, 0.29) is 35.0 Å². The van der Waals surface area contributed by atoms with Crippen LogP contribution in [-0.4, -0.2) is 23.1 Å². The third-order valence-corrected chi connectivity index (χ3v) is 10.1. The molecule has 4 aliphatic carbocycles. The van der Waals surface area contributed by atoms with E-state index in [1.165, 1.54) is 0 Å². The summed E-state index contributed by atoms with van der Waals surface area (Å²) in [5.74, 6) is -0.500. The molecule has 0 saturated heterocycles. The molecule has 10 rings (SSSR count). The Morgan fingerprint density at radius 1 is 0.349 bits per heavy atom. The number of benzene rings is 6. The fourth-order valence-corrected chi connectivity index (χ4v) is 8.12. The molecule has 43 heavy (non-hydrogen) atoms. The zero-order valence-corrected chi connectivity index (χ0v) is 22.7. The van der Waals surface area contributed by atoms with Crippen LogP contribution in [0.25, 0.3) is 21.5 Å². The smallest absolute Gasteiger partial charge is 0.194 e. The molecule has 0 heterocycles. The molecule has 0 N–H and O–H groups in total. The fourth-order valence-electron chi connectivity index (χ4n) is 8.12. The minimum Gasteiger partial charge on any atom is -0.289 e. The molecule has 0 saturated carbocycles. The molecular weight excluding hydrogens is 532 g/mol. The van der Waals surface area contributed by atoms with Gasteiger partial charge >= 0.3 is 0 Å². The average molecular weight is 553 g/mol.